The molecule has 3 heteroatoms. The number of ether oxygens (including phenoxy) is 2. The zero-order valence-corrected chi connectivity index (χ0v) is 11.7. The Bertz CT molecular complexity index is 427. The Labute approximate surface area is 115 Å². The van der Waals surface area contributed by atoms with Crippen LogP contribution in [0.3, 0.4) is 0 Å². The third-order valence-electron chi connectivity index (χ3n) is 4.24. The van der Waals surface area contributed by atoms with Crippen molar-refractivity contribution >= 4 is 0 Å². The summed E-state index contributed by atoms with van der Waals surface area (Å²) in [4.78, 5) is 0. The summed E-state index contributed by atoms with van der Waals surface area (Å²) in [5.74, 6) is 0. The summed E-state index contributed by atoms with van der Waals surface area (Å²) in [5, 5.41) is 3.68. The van der Waals surface area contributed by atoms with E-state index in [1.165, 1.54) is 11.1 Å². The van der Waals surface area contributed by atoms with E-state index in [0.717, 1.165) is 45.6 Å². The Balaban J connectivity index is 1.55. The van der Waals surface area contributed by atoms with Gasteiger partial charge in [-0.25, -0.2) is 0 Å². The van der Waals surface area contributed by atoms with Gasteiger partial charge in [0, 0.05) is 32.2 Å². The highest BCUT2D eigenvalue weighted by molar-refractivity contribution is 5.22. The molecular weight excluding hydrogens is 238 g/mol. The number of nitrogens with one attached hydrogen (secondary N) is 1. The molecule has 2 saturated heterocycles. The summed E-state index contributed by atoms with van der Waals surface area (Å²) in [7, 11) is 0. The van der Waals surface area contributed by atoms with Crippen molar-refractivity contribution in [2.75, 3.05) is 19.8 Å². The van der Waals surface area contributed by atoms with Gasteiger partial charge < -0.3 is 14.8 Å². The van der Waals surface area contributed by atoms with E-state index in [9.17, 15) is 0 Å². The van der Waals surface area contributed by atoms with Gasteiger partial charge in [-0.2, -0.15) is 0 Å². The van der Waals surface area contributed by atoms with E-state index < -0.39 is 0 Å². The summed E-state index contributed by atoms with van der Waals surface area (Å²) in [6, 6.07) is 9.26. The molecule has 3 rings (SSSR count). The molecule has 0 saturated carbocycles. The van der Waals surface area contributed by atoms with Gasteiger partial charge in [-0.15, -0.1) is 0 Å². The number of hydrogen-bond acceptors (Lipinski definition) is 3. The molecule has 2 aliphatic rings. The van der Waals surface area contributed by atoms with Gasteiger partial charge in [-0.1, -0.05) is 29.8 Å². The molecule has 2 heterocycles. The molecule has 3 nitrogen and oxygen atoms in total. The molecule has 0 aromatic heterocycles. The van der Waals surface area contributed by atoms with Gasteiger partial charge >= 0.3 is 0 Å². The van der Waals surface area contributed by atoms with Crippen molar-refractivity contribution in [3.05, 3.63) is 35.4 Å². The fraction of sp³-hybridized carbons (Fsp3) is 0.625. The van der Waals surface area contributed by atoms with Crippen LogP contribution < -0.4 is 5.32 Å². The van der Waals surface area contributed by atoms with Gasteiger partial charge in [0.2, 0.25) is 0 Å². The van der Waals surface area contributed by atoms with E-state index in [1.807, 2.05) is 0 Å². The minimum Gasteiger partial charge on any atom is -0.378 e. The van der Waals surface area contributed by atoms with Crippen molar-refractivity contribution in [3.63, 3.8) is 0 Å². The lowest BCUT2D eigenvalue weighted by molar-refractivity contribution is -0.0894. The summed E-state index contributed by atoms with van der Waals surface area (Å²) in [6.45, 7) is 5.57. The van der Waals surface area contributed by atoms with Crippen LogP contribution in [0.25, 0.3) is 0 Å². The topological polar surface area (TPSA) is 30.5 Å². The molecule has 0 amide bonds. The molecule has 0 radical (unpaired) electrons. The minimum atomic E-state index is 0.00250. The second kappa shape index (κ2) is 5.61. The van der Waals surface area contributed by atoms with Gasteiger partial charge in [0.25, 0.3) is 0 Å². The van der Waals surface area contributed by atoms with Crippen molar-refractivity contribution in [3.8, 4) is 0 Å². The first-order chi connectivity index (χ1) is 9.26. The maximum absolute atomic E-state index is 5.96. The molecule has 2 fully saturated rings. The average molecular weight is 261 g/mol. The molecule has 0 bridgehead atoms. The molecular formula is C16H23NO2. The largest absolute Gasteiger partial charge is 0.378 e. The fourth-order valence-corrected chi connectivity index (χ4v) is 3.15. The molecule has 2 atom stereocenters. The van der Waals surface area contributed by atoms with E-state index in [1.54, 1.807) is 0 Å². The fourth-order valence-electron chi connectivity index (χ4n) is 3.15. The van der Waals surface area contributed by atoms with E-state index >= 15 is 0 Å². The predicted octanol–water partition coefficient (Wildman–Crippen LogP) is 2.42. The molecule has 1 aromatic rings. The molecule has 19 heavy (non-hydrogen) atoms. The van der Waals surface area contributed by atoms with Crippen molar-refractivity contribution in [1.82, 2.24) is 5.32 Å². The van der Waals surface area contributed by atoms with Gasteiger partial charge in [0.1, 0.15) is 0 Å². The zero-order valence-electron chi connectivity index (χ0n) is 11.7. The SMILES string of the molecule is Cc1cccc(CNC2CCOC3(CCOC3)C2)c1. The van der Waals surface area contributed by atoms with Crippen molar-refractivity contribution in [1.29, 1.82) is 0 Å². The summed E-state index contributed by atoms with van der Waals surface area (Å²) in [6.07, 6.45) is 3.24. The van der Waals surface area contributed by atoms with Crippen LogP contribution in [0.2, 0.25) is 0 Å². The highest BCUT2D eigenvalue weighted by Crippen LogP contribution is 2.32. The monoisotopic (exact) mass is 261 g/mol. The van der Waals surface area contributed by atoms with Gasteiger partial charge in [0.15, 0.2) is 0 Å². The van der Waals surface area contributed by atoms with Crippen LogP contribution in [0.15, 0.2) is 24.3 Å². The molecule has 2 aliphatic heterocycles. The second-order valence-electron chi connectivity index (χ2n) is 5.89. The smallest absolute Gasteiger partial charge is 0.0951 e. The third-order valence-corrected chi connectivity index (χ3v) is 4.24. The highest BCUT2D eigenvalue weighted by Gasteiger charge is 2.40. The first-order valence-corrected chi connectivity index (χ1v) is 7.26. The van der Waals surface area contributed by atoms with Crippen molar-refractivity contribution in [2.45, 2.75) is 44.4 Å². The Morgan fingerprint density at radius 2 is 2.32 bits per heavy atom. The summed E-state index contributed by atoms with van der Waals surface area (Å²) < 4.78 is 11.5. The van der Waals surface area contributed by atoms with E-state index in [4.69, 9.17) is 9.47 Å². The molecule has 1 aromatic carbocycles. The van der Waals surface area contributed by atoms with Crippen LogP contribution in [0.1, 0.15) is 30.4 Å². The standard InChI is InChI=1S/C16H23NO2/c1-13-3-2-4-14(9-13)11-17-15-5-7-19-16(10-15)6-8-18-12-16/h2-4,9,15,17H,5-8,10-12H2,1H3. The van der Waals surface area contributed by atoms with E-state index in [0.29, 0.717) is 6.04 Å². The van der Waals surface area contributed by atoms with Crippen LogP contribution in [0, 0.1) is 6.92 Å². The Hall–Kier alpha value is -0.900. The number of benzene rings is 1. The predicted molar refractivity (Wildman–Crippen MR) is 75.2 cm³/mol. The molecule has 0 aliphatic carbocycles. The van der Waals surface area contributed by atoms with Crippen molar-refractivity contribution < 1.29 is 9.47 Å². The van der Waals surface area contributed by atoms with Gasteiger partial charge in [-0.3, -0.25) is 0 Å². The highest BCUT2D eigenvalue weighted by atomic mass is 16.6. The van der Waals surface area contributed by atoms with Gasteiger partial charge in [0.05, 0.1) is 12.2 Å². The van der Waals surface area contributed by atoms with Crippen LogP contribution in [0.4, 0.5) is 0 Å². The summed E-state index contributed by atoms with van der Waals surface area (Å²) in [5.41, 5.74) is 2.69. The number of rotatable bonds is 3. The van der Waals surface area contributed by atoms with Gasteiger partial charge in [-0.05, 0) is 25.3 Å². The van der Waals surface area contributed by atoms with Crippen molar-refractivity contribution in [2.24, 2.45) is 0 Å². The first-order valence-electron chi connectivity index (χ1n) is 7.26. The normalized spacial score (nSPS) is 30.9. The maximum Gasteiger partial charge on any atom is 0.0951 e. The Morgan fingerprint density at radius 1 is 1.37 bits per heavy atom. The van der Waals surface area contributed by atoms with Crippen LogP contribution in [-0.2, 0) is 16.0 Å². The Kier molecular flexibility index (Phi) is 3.87. The minimum absolute atomic E-state index is 0.00250. The molecule has 1 N–H and O–H groups in total. The zero-order chi connectivity index (χ0) is 13.1. The molecule has 2 unspecified atom stereocenters. The van der Waals surface area contributed by atoms with Crippen LogP contribution >= 0.6 is 0 Å². The van der Waals surface area contributed by atoms with Crippen LogP contribution in [-0.4, -0.2) is 31.5 Å². The van der Waals surface area contributed by atoms with E-state index in [2.05, 4.69) is 36.5 Å². The second-order valence-corrected chi connectivity index (χ2v) is 5.89. The lowest BCUT2D eigenvalue weighted by atomic mass is 9.89. The van der Waals surface area contributed by atoms with E-state index in [-0.39, 0.29) is 5.60 Å². The Morgan fingerprint density at radius 3 is 3.11 bits per heavy atom. The first kappa shape index (κ1) is 13.1. The molecule has 104 valence electrons. The third kappa shape index (κ3) is 3.16. The number of hydrogen-bond donors (Lipinski definition) is 1. The lowest BCUT2D eigenvalue weighted by Gasteiger charge is -2.37. The summed E-state index contributed by atoms with van der Waals surface area (Å²) >= 11 is 0. The average Bonchev–Trinajstić information content (AvgIpc) is 2.85. The quantitative estimate of drug-likeness (QED) is 0.906. The molecule has 1 spiro atoms. The maximum atomic E-state index is 5.96. The van der Waals surface area contributed by atoms with Crippen LogP contribution in [0.5, 0.6) is 0 Å². The number of aryl methyl sites for hydroxylation is 1. The lowest BCUT2D eigenvalue weighted by Crippen LogP contribution is -2.47.